The average molecular weight is 449 g/mol. The van der Waals surface area contributed by atoms with Crippen molar-refractivity contribution in [2.24, 2.45) is 5.14 Å². The largest absolute Gasteiger partial charge is 0.475 e. The maximum atomic E-state index is 13.5. The molecular weight excluding hydrogens is 433 g/mol. The molecule has 2 N–H and O–H groups in total. The van der Waals surface area contributed by atoms with Gasteiger partial charge >= 0.3 is 0 Å². The lowest BCUT2D eigenvalue weighted by Gasteiger charge is -2.22. The Kier molecular flexibility index (Phi) is 5.73. The molecule has 1 unspecified atom stereocenters. The van der Waals surface area contributed by atoms with Crippen LogP contribution in [0.1, 0.15) is 23.0 Å². The van der Waals surface area contributed by atoms with Crippen molar-refractivity contribution in [3.8, 4) is 22.9 Å². The van der Waals surface area contributed by atoms with E-state index in [-0.39, 0.29) is 21.8 Å². The highest BCUT2D eigenvalue weighted by atomic mass is 32.2. The van der Waals surface area contributed by atoms with Gasteiger partial charge in [0.25, 0.3) is 0 Å². The van der Waals surface area contributed by atoms with Crippen LogP contribution in [0.2, 0.25) is 0 Å². The molecule has 4 rings (SSSR count). The summed E-state index contributed by atoms with van der Waals surface area (Å²) in [5.41, 5.74) is 1.15. The van der Waals surface area contributed by atoms with Crippen LogP contribution in [-0.4, -0.2) is 13.4 Å². The van der Waals surface area contributed by atoms with E-state index in [1.165, 1.54) is 48.9 Å². The summed E-state index contributed by atoms with van der Waals surface area (Å²) in [6.45, 7) is 0. The summed E-state index contributed by atoms with van der Waals surface area (Å²) in [6, 6.07) is 16.9. The molecule has 0 fully saturated rings. The molecule has 0 saturated carbocycles. The zero-order valence-electron chi connectivity index (χ0n) is 16.5. The quantitative estimate of drug-likeness (QED) is 0.472. The number of nitriles is 1. The Hall–Kier alpha value is -4.00. The van der Waals surface area contributed by atoms with Gasteiger partial charge in [-0.15, -0.1) is 0 Å². The second kappa shape index (κ2) is 8.63. The molecule has 9 heteroatoms. The van der Waals surface area contributed by atoms with E-state index < -0.39 is 21.9 Å². The molecule has 0 saturated heterocycles. The van der Waals surface area contributed by atoms with Gasteiger partial charge in [0, 0.05) is 29.1 Å². The van der Waals surface area contributed by atoms with Crippen molar-refractivity contribution in [1.29, 1.82) is 5.26 Å². The minimum absolute atomic E-state index is 0.0414. The topological polar surface area (TPSA) is 119 Å². The molecule has 0 amide bonds. The molecule has 0 aliphatic rings. The number of benzene rings is 2. The molecule has 0 aliphatic heterocycles. The van der Waals surface area contributed by atoms with Crippen LogP contribution < -0.4 is 9.88 Å². The molecule has 160 valence electrons. The highest BCUT2D eigenvalue weighted by Gasteiger charge is 2.29. The average Bonchev–Trinajstić information content (AvgIpc) is 3.32. The van der Waals surface area contributed by atoms with Gasteiger partial charge in [-0.25, -0.2) is 17.9 Å². The van der Waals surface area contributed by atoms with E-state index in [0.29, 0.717) is 16.9 Å². The molecular formula is C23H16FN3O4S. The van der Waals surface area contributed by atoms with Crippen LogP contribution in [0.4, 0.5) is 4.39 Å². The van der Waals surface area contributed by atoms with E-state index in [4.69, 9.17) is 14.3 Å². The first-order chi connectivity index (χ1) is 15.4. The fourth-order valence-corrected chi connectivity index (χ4v) is 4.19. The van der Waals surface area contributed by atoms with Gasteiger partial charge in [0.2, 0.25) is 10.0 Å². The van der Waals surface area contributed by atoms with E-state index in [1.54, 1.807) is 30.5 Å². The molecule has 0 bridgehead atoms. The van der Waals surface area contributed by atoms with Gasteiger partial charge in [0.05, 0.1) is 11.8 Å². The number of rotatable bonds is 6. The monoisotopic (exact) mass is 449 g/mol. The molecule has 32 heavy (non-hydrogen) atoms. The molecule has 0 spiro atoms. The number of halogens is 1. The SMILES string of the molecule is N#Cc1ccc(-c2cccnc2)c(S(N)(=O)=O)c1OC(c1ccc(F)cc1)c1ccco1. The number of nitrogens with two attached hydrogens (primary N) is 1. The fourth-order valence-electron chi connectivity index (χ4n) is 3.29. The molecule has 2 heterocycles. The number of hydrogen-bond acceptors (Lipinski definition) is 6. The maximum absolute atomic E-state index is 13.5. The Morgan fingerprint density at radius 2 is 1.88 bits per heavy atom. The van der Waals surface area contributed by atoms with Gasteiger partial charge in [-0.1, -0.05) is 24.3 Å². The lowest BCUT2D eigenvalue weighted by atomic mass is 10.0. The van der Waals surface area contributed by atoms with Crippen molar-refractivity contribution < 1.29 is 22.0 Å². The summed E-state index contributed by atoms with van der Waals surface area (Å²) in [5.74, 6) is -0.358. The van der Waals surface area contributed by atoms with Crippen LogP contribution in [-0.2, 0) is 10.0 Å². The number of hydrogen-bond donors (Lipinski definition) is 1. The van der Waals surface area contributed by atoms with Crippen molar-refractivity contribution in [3.63, 3.8) is 0 Å². The number of nitrogens with zero attached hydrogens (tertiary/aromatic N) is 2. The van der Waals surface area contributed by atoms with Crippen LogP contribution in [0.5, 0.6) is 5.75 Å². The summed E-state index contributed by atoms with van der Waals surface area (Å²) in [6.07, 6.45) is 3.47. The van der Waals surface area contributed by atoms with Gasteiger partial charge in [-0.3, -0.25) is 4.98 Å². The second-order valence-corrected chi connectivity index (χ2v) is 8.28. The minimum atomic E-state index is -4.34. The molecule has 7 nitrogen and oxygen atoms in total. The number of sulfonamides is 1. The predicted molar refractivity (Wildman–Crippen MR) is 113 cm³/mol. The molecule has 0 aliphatic carbocycles. The lowest BCUT2D eigenvalue weighted by molar-refractivity contribution is 0.209. The van der Waals surface area contributed by atoms with E-state index in [0.717, 1.165) is 0 Å². The number of furan rings is 1. The molecule has 1 atom stereocenters. The Bertz CT molecular complexity index is 1380. The highest BCUT2D eigenvalue weighted by Crippen LogP contribution is 2.40. The van der Waals surface area contributed by atoms with E-state index in [1.807, 2.05) is 6.07 Å². The van der Waals surface area contributed by atoms with Crippen LogP contribution in [0.3, 0.4) is 0 Å². The number of aromatic nitrogens is 1. The summed E-state index contributed by atoms with van der Waals surface area (Å²) in [7, 11) is -4.34. The molecule has 0 radical (unpaired) electrons. The summed E-state index contributed by atoms with van der Waals surface area (Å²) >= 11 is 0. The third-order valence-corrected chi connectivity index (χ3v) is 5.67. The van der Waals surface area contributed by atoms with Gasteiger partial charge in [-0.05, 0) is 36.4 Å². The highest BCUT2D eigenvalue weighted by molar-refractivity contribution is 7.89. The standard InChI is InChI=1S/C23H16FN3O4S/c24-18-8-5-15(6-9-18)21(20-4-2-12-30-20)31-22-16(13-25)7-10-19(23(22)32(26,28)29)17-3-1-11-27-14-17/h1-12,14,21H,(H2,26,28,29). The van der Waals surface area contributed by atoms with Crippen molar-refractivity contribution >= 4 is 10.0 Å². The van der Waals surface area contributed by atoms with Crippen LogP contribution in [0.25, 0.3) is 11.1 Å². The van der Waals surface area contributed by atoms with Crippen LogP contribution >= 0.6 is 0 Å². The van der Waals surface area contributed by atoms with Crippen molar-refractivity contribution in [1.82, 2.24) is 4.98 Å². The zero-order chi connectivity index (χ0) is 22.7. The first-order valence-electron chi connectivity index (χ1n) is 9.34. The van der Waals surface area contributed by atoms with Crippen molar-refractivity contribution in [3.05, 3.63) is 102 Å². The molecule has 2 aromatic carbocycles. The Labute approximate surface area is 183 Å². The van der Waals surface area contributed by atoms with Crippen LogP contribution in [0.15, 0.2) is 88.6 Å². The van der Waals surface area contributed by atoms with Crippen LogP contribution in [0, 0.1) is 17.1 Å². The first-order valence-corrected chi connectivity index (χ1v) is 10.9. The number of primary sulfonamides is 1. The maximum Gasteiger partial charge on any atom is 0.242 e. The Balaban J connectivity index is 1.95. The lowest BCUT2D eigenvalue weighted by Crippen LogP contribution is -2.18. The third-order valence-electron chi connectivity index (χ3n) is 4.70. The Morgan fingerprint density at radius 1 is 1.09 bits per heavy atom. The number of pyridine rings is 1. The predicted octanol–water partition coefficient (Wildman–Crippen LogP) is 4.17. The zero-order valence-corrected chi connectivity index (χ0v) is 17.3. The smallest absolute Gasteiger partial charge is 0.242 e. The Morgan fingerprint density at radius 3 is 2.47 bits per heavy atom. The normalized spacial score (nSPS) is 12.2. The summed E-state index contributed by atoms with van der Waals surface area (Å²) in [5, 5.41) is 15.2. The summed E-state index contributed by atoms with van der Waals surface area (Å²) < 4.78 is 50.4. The van der Waals surface area contributed by atoms with Gasteiger partial charge in [-0.2, -0.15) is 5.26 Å². The van der Waals surface area contributed by atoms with Crippen molar-refractivity contribution in [2.75, 3.05) is 0 Å². The van der Waals surface area contributed by atoms with E-state index >= 15 is 0 Å². The van der Waals surface area contributed by atoms with Crippen molar-refractivity contribution in [2.45, 2.75) is 11.0 Å². The van der Waals surface area contributed by atoms with E-state index in [2.05, 4.69) is 4.98 Å². The fraction of sp³-hybridized carbons (Fsp3) is 0.0435. The molecule has 4 aromatic rings. The van der Waals surface area contributed by atoms with E-state index in [9.17, 15) is 18.1 Å². The minimum Gasteiger partial charge on any atom is -0.475 e. The number of ether oxygens (including phenoxy) is 1. The third kappa shape index (κ3) is 4.23. The van der Waals surface area contributed by atoms with Gasteiger partial charge < -0.3 is 9.15 Å². The second-order valence-electron chi connectivity index (χ2n) is 6.78. The first kappa shape index (κ1) is 21.2. The summed E-state index contributed by atoms with van der Waals surface area (Å²) in [4.78, 5) is 3.66. The molecule has 2 aromatic heterocycles. The van der Waals surface area contributed by atoms with Gasteiger partial charge in [0.1, 0.15) is 22.5 Å². The van der Waals surface area contributed by atoms with Gasteiger partial charge in [0.15, 0.2) is 11.9 Å².